The molecule has 9 nitrogen and oxygen atoms in total. The van der Waals surface area contributed by atoms with Crippen molar-refractivity contribution in [2.45, 2.75) is 50.9 Å². The summed E-state index contributed by atoms with van der Waals surface area (Å²) < 4.78 is 1.75. The van der Waals surface area contributed by atoms with Gasteiger partial charge in [0.05, 0.1) is 17.8 Å². The standard InChI is InChI=1S/C27H36N6O3/c1-32-24-9-6-20(15-21(24)16-29-32)26(34)31-23(27(35)36)11-14-33-13-10-18(17-33)4-7-22-8-5-19-3-2-12-28-25(19)30-22/h5-6,8-9,15-16,18,23,27,35-36H,2-4,7,10-14,17H2,1H3,(H,28,30)(H,31,34)/t18-,23+/m1/s1. The number of aliphatic hydroxyl groups excluding tert-OH is 1. The van der Waals surface area contributed by atoms with Crippen LogP contribution >= 0.6 is 0 Å². The topological polar surface area (TPSA) is 116 Å². The highest BCUT2D eigenvalue weighted by molar-refractivity contribution is 5.98. The fourth-order valence-electron chi connectivity index (χ4n) is 5.39. The fourth-order valence-corrected chi connectivity index (χ4v) is 5.39. The second-order valence-corrected chi connectivity index (χ2v) is 10.2. The van der Waals surface area contributed by atoms with E-state index in [2.05, 4.69) is 32.8 Å². The summed E-state index contributed by atoms with van der Waals surface area (Å²) in [6.45, 7) is 3.69. The Hall–Kier alpha value is -3.01. The van der Waals surface area contributed by atoms with E-state index in [0.29, 0.717) is 24.4 Å². The highest BCUT2D eigenvalue weighted by Crippen LogP contribution is 2.24. The molecule has 3 aromatic rings. The Morgan fingerprint density at radius 3 is 3.03 bits per heavy atom. The first-order valence-electron chi connectivity index (χ1n) is 13.0. The van der Waals surface area contributed by atoms with Crippen LogP contribution in [0.25, 0.3) is 10.9 Å². The van der Waals surface area contributed by atoms with Gasteiger partial charge in [-0.25, -0.2) is 4.98 Å². The van der Waals surface area contributed by atoms with E-state index in [1.54, 1.807) is 23.0 Å². The van der Waals surface area contributed by atoms with Gasteiger partial charge >= 0.3 is 0 Å². The molecule has 0 aliphatic carbocycles. The number of fused-ring (bicyclic) bond motifs is 2. The van der Waals surface area contributed by atoms with Gasteiger partial charge in [0, 0.05) is 43.3 Å². The fraction of sp³-hybridized carbons (Fsp3) is 0.519. The maximum Gasteiger partial charge on any atom is 0.251 e. The van der Waals surface area contributed by atoms with Crippen LogP contribution in [0, 0.1) is 5.92 Å². The van der Waals surface area contributed by atoms with Crippen LogP contribution in [-0.4, -0.2) is 74.3 Å². The number of anilines is 1. The van der Waals surface area contributed by atoms with E-state index in [9.17, 15) is 15.0 Å². The zero-order chi connectivity index (χ0) is 25.1. The number of hydrogen-bond acceptors (Lipinski definition) is 7. The molecule has 2 aromatic heterocycles. The van der Waals surface area contributed by atoms with Gasteiger partial charge in [0.25, 0.3) is 5.91 Å². The molecule has 1 saturated heterocycles. The third-order valence-corrected chi connectivity index (χ3v) is 7.57. The summed E-state index contributed by atoms with van der Waals surface area (Å²) in [6, 6.07) is 9.01. The largest absolute Gasteiger partial charge is 0.370 e. The van der Waals surface area contributed by atoms with Crippen LogP contribution in [0.1, 0.15) is 47.3 Å². The first-order valence-corrected chi connectivity index (χ1v) is 13.0. The average Bonchev–Trinajstić information content (AvgIpc) is 3.50. The zero-order valence-corrected chi connectivity index (χ0v) is 20.9. The van der Waals surface area contributed by atoms with E-state index >= 15 is 0 Å². The number of hydrogen-bond donors (Lipinski definition) is 4. The average molecular weight is 493 g/mol. The number of benzene rings is 1. The number of likely N-dealkylation sites (tertiary alicyclic amines) is 1. The monoisotopic (exact) mass is 492 g/mol. The molecule has 2 aliphatic heterocycles. The molecule has 2 atom stereocenters. The minimum atomic E-state index is -1.61. The summed E-state index contributed by atoms with van der Waals surface area (Å²) in [4.78, 5) is 20.0. The van der Waals surface area contributed by atoms with Gasteiger partial charge in [0.15, 0.2) is 6.29 Å². The van der Waals surface area contributed by atoms with E-state index < -0.39 is 12.3 Å². The molecule has 0 spiro atoms. The first-order chi connectivity index (χ1) is 17.5. The van der Waals surface area contributed by atoms with Crippen molar-refractivity contribution in [1.29, 1.82) is 0 Å². The zero-order valence-electron chi connectivity index (χ0n) is 20.9. The lowest BCUT2D eigenvalue weighted by molar-refractivity contribution is -0.0678. The molecule has 1 fully saturated rings. The number of carbonyl (C=O) groups is 1. The highest BCUT2D eigenvalue weighted by atomic mass is 16.5. The van der Waals surface area contributed by atoms with Crippen molar-refractivity contribution in [3.05, 3.63) is 53.3 Å². The summed E-state index contributed by atoms with van der Waals surface area (Å²) in [5.41, 5.74) is 3.89. The van der Waals surface area contributed by atoms with Gasteiger partial charge in [-0.2, -0.15) is 5.10 Å². The lowest BCUT2D eigenvalue weighted by atomic mass is 10.00. The van der Waals surface area contributed by atoms with E-state index in [1.807, 2.05) is 13.1 Å². The Balaban J connectivity index is 1.09. The Bertz CT molecular complexity index is 1210. The smallest absolute Gasteiger partial charge is 0.251 e. The molecular weight excluding hydrogens is 456 g/mol. The third kappa shape index (κ3) is 5.69. The minimum absolute atomic E-state index is 0.315. The lowest BCUT2D eigenvalue weighted by Gasteiger charge is -2.24. The molecule has 1 aromatic carbocycles. The van der Waals surface area contributed by atoms with Crippen LogP contribution in [0.5, 0.6) is 0 Å². The number of aromatic nitrogens is 3. The van der Waals surface area contributed by atoms with E-state index in [-0.39, 0.29) is 5.91 Å². The van der Waals surface area contributed by atoms with Crippen LogP contribution in [0.4, 0.5) is 5.82 Å². The van der Waals surface area contributed by atoms with Crippen molar-refractivity contribution in [3.8, 4) is 0 Å². The molecule has 4 heterocycles. The Morgan fingerprint density at radius 2 is 2.17 bits per heavy atom. The number of aryl methyl sites for hydroxylation is 3. The Morgan fingerprint density at radius 1 is 1.28 bits per heavy atom. The molecule has 0 radical (unpaired) electrons. The van der Waals surface area contributed by atoms with Crippen LogP contribution < -0.4 is 10.6 Å². The highest BCUT2D eigenvalue weighted by Gasteiger charge is 2.26. The maximum absolute atomic E-state index is 12.8. The second-order valence-electron chi connectivity index (χ2n) is 10.2. The number of amides is 1. The third-order valence-electron chi connectivity index (χ3n) is 7.57. The molecule has 0 bridgehead atoms. The van der Waals surface area contributed by atoms with Crippen molar-refractivity contribution >= 4 is 22.6 Å². The summed E-state index contributed by atoms with van der Waals surface area (Å²) in [6.07, 6.45) is 6.06. The maximum atomic E-state index is 12.8. The number of carbonyl (C=O) groups excluding carboxylic acids is 1. The van der Waals surface area contributed by atoms with E-state index in [4.69, 9.17) is 4.98 Å². The van der Waals surface area contributed by atoms with Crippen LogP contribution in [0.15, 0.2) is 36.5 Å². The molecule has 9 heteroatoms. The number of aliphatic hydroxyl groups is 2. The van der Waals surface area contributed by atoms with E-state index in [0.717, 1.165) is 67.7 Å². The summed E-state index contributed by atoms with van der Waals surface area (Å²) >= 11 is 0. The van der Waals surface area contributed by atoms with Crippen LogP contribution in [-0.2, 0) is 19.9 Å². The SMILES string of the molecule is Cn1ncc2cc(C(=O)N[C@@H](CCN3CC[C@@H](CCc4ccc5c(n4)NCCC5)C3)C(O)O)ccc21. The molecule has 0 saturated carbocycles. The van der Waals surface area contributed by atoms with Crippen LogP contribution in [0.2, 0.25) is 0 Å². The molecule has 4 N–H and O–H groups in total. The van der Waals surface area contributed by atoms with Gasteiger partial charge in [-0.05, 0) is 80.8 Å². The Labute approximate surface area is 211 Å². The van der Waals surface area contributed by atoms with E-state index in [1.165, 1.54) is 12.0 Å². The molecule has 36 heavy (non-hydrogen) atoms. The van der Waals surface area contributed by atoms with Gasteiger partial charge < -0.3 is 25.7 Å². The molecule has 5 rings (SSSR count). The predicted molar refractivity (Wildman–Crippen MR) is 139 cm³/mol. The summed E-state index contributed by atoms with van der Waals surface area (Å²) in [5, 5.41) is 31.1. The molecule has 192 valence electrons. The first kappa shape index (κ1) is 24.7. The quantitative estimate of drug-likeness (QED) is 0.338. The molecule has 2 aliphatic rings. The van der Waals surface area contributed by atoms with Gasteiger partial charge in [-0.3, -0.25) is 9.48 Å². The Kier molecular flexibility index (Phi) is 7.50. The summed E-state index contributed by atoms with van der Waals surface area (Å²) in [7, 11) is 1.85. The van der Waals surface area contributed by atoms with Gasteiger partial charge in [0.1, 0.15) is 5.82 Å². The van der Waals surface area contributed by atoms with Crippen LogP contribution in [0.3, 0.4) is 0 Å². The number of nitrogens with zero attached hydrogens (tertiary/aromatic N) is 4. The van der Waals surface area contributed by atoms with Gasteiger partial charge in [0.2, 0.25) is 0 Å². The van der Waals surface area contributed by atoms with Gasteiger partial charge in [-0.1, -0.05) is 6.07 Å². The molecule has 1 amide bonds. The second kappa shape index (κ2) is 10.9. The summed E-state index contributed by atoms with van der Waals surface area (Å²) in [5.74, 6) is 1.35. The minimum Gasteiger partial charge on any atom is -0.370 e. The predicted octanol–water partition coefficient (Wildman–Crippen LogP) is 2.08. The number of pyridine rings is 1. The van der Waals surface area contributed by atoms with Crippen molar-refractivity contribution in [2.24, 2.45) is 13.0 Å². The lowest BCUT2D eigenvalue weighted by Crippen LogP contribution is -2.45. The number of nitrogens with one attached hydrogen (secondary N) is 2. The normalized spacial score (nSPS) is 18.8. The van der Waals surface area contributed by atoms with Crippen molar-refractivity contribution in [2.75, 3.05) is 31.5 Å². The molecular formula is C27H36N6O3. The molecule has 0 unspecified atom stereocenters. The van der Waals surface area contributed by atoms with Crippen molar-refractivity contribution in [1.82, 2.24) is 25.0 Å². The van der Waals surface area contributed by atoms with Crippen molar-refractivity contribution < 1.29 is 15.0 Å². The van der Waals surface area contributed by atoms with Crippen molar-refractivity contribution in [3.63, 3.8) is 0 Å². The number of rotatable bonds is 9. The van der Waals surface area contributed by atoms with Gasteiger partial charge in [-0.15, -0.1) is 0 Å².